The van der Waals surface area contributed by atoms with Crippen LogP contribution in [0.1, 0.15) is 44.2 Å². The Hall–Kier alpha value is -1.30. The fourth-order valence-electron chi connectivity index (χ4n) is 2.60. The minimum Gasteiger partial charge on any atom is -0.487 e. The second kappa shape index (κ2) is 5.24. The van der Waals surface area contributed by atoms with Gasteiger partial charge in [0, 0.05) is 30.5 Å². The number of fused-ring (bicyclic) bond motifs is 1. The summed E-state index contributed by atoms with van der Waals surface area (Å²) < 4.78 is 55.5. The van der Waals surface area contributed by atoms with Gasteiger partial charge in [-0.05, 0) is 25.8 Å². The normalized spacial score (nSPS) is 26.0. The van der Waals surface area contributed by atoms with Crippen LogP contribution in [0.3, 0.4) is 0 Å². The highest BCUT2D eigenvalue weighted by atomic mass is 19.4. The van der Waals surface area contributed by atoms with Crippen molar-refractivity contribution < 1.29 is 22.3 Å². The Morgan fingerprint density at radius 3 is 2.75 bits per heavy atom. The maximum atomic E-state index is 13.2. The van der Waals surface area contributed by atoms with Gasteiger partial charge in [-0.25, -0.2) is 4.39 Å². The topological polar surface area (TPSA) is 35.2 Å². The zero-order chi connectivity index (χ0) is 15.0. The van der Waals surface area contributed by atoms with Gasteiger partial charge in [0.25, 0.3) is 0 Å². The lowest BCUT2D eigenvalue weighted by atomic mass is 9.85. The highest BCUT2D eigenvalue weighted by Gasteiger charge is 2.37. The molecule has 0 aliphatic carbocycles. The van der Waals surface area contributed by atoms with Crippen molar-refractivity contribution in [1.29, 1.82) is 0 Å². The van der Waals surface area contributed by atoms with Crippen molar-refractivity contribution in [1.82, 2.24) is 0 Å². The van der Waals surface area contributed by atoms with Gasteiger partial charge in [-0.1, -0.05) is 6.07 Å². The molecular weight excluding hydrogens is 274 g/mol. The molecule has 1 aliphatic rings. The maximum Gasteiger partial charge on any atom is 0.389 e. The quantitative estimate of drug-likeness (QED) is 0.851. The molecule has 0 amide bonds. The molecule has 0 spiro atoms. The van der Waals surface area contributed by atoms with Crippen LogP contribution in [0.4, 0.5) is 17.6 Å². The monoisotopic (exact) mass is 291 g/mol. The highest BCUT2D eigenvalue weighted by molar-refractivity contribution is 5.39. The van der Waals surface area contributed by atoms with Crippen LogP contribution in [0.2, 0.25) is 0 Å². The molecular formula is C14H17F4NO. The molecule has 2 unspecified atom stereocenters. The van der Waals surface area contributed by atoms with Gasteiger partial charge in [-0.3, -0.25) is 0 Å². The second-order valence-corrected chi connectivity index (χ2v) is 5.51. The highest BCUT2D eigenvalue weighted by Crippen LogP contribution is 2.41. The third-order valence-electron chi connectivity index (χ3n) is 3.55. The van der Waals surface area contributed by atoms with Crippen molar-refractivity contribution in [3.63, 3.8) is 0 Å². The van der Waals surface area contributed by atoms with Gasteiger partial charge in [0.05, 0.1) is 0 Å². The van der Waals surface area contributed by atoms with Gasteiger partial charge in [-0.2, -0.15) is 13.2 Å². The fourth-order valence-corrected chi connectivity index (χ4v) is 2.60. The van der Waals surface area contributed by atoms with E-state index in [-0.39, 0.29) is 18.9 Å². The number of hydrogen-bond acceptors (Lipinski definition) is 2. The minimum atomic E-state index is -4.17. The predicted molar refractivity (Wildman–Crippen MR) is 66.9 cm³/mol. The van der Waals surface area contributed by atoms with Gasteiger partial charge in [0.1, 0.15) is 17.2 Å². The standard InChI is InChI=1S/C14H17F4NO/c1-13(5-2-6-14(16,17)18)8-11(19)10-4-3-9(15)7-12(10)20-13/h3-4,7,11H,2,5-6,8,19H2,1H3. The number of nitrogens with two attached hydrogens (primary N) is 1. The zero-order valence-electron chi connectivity index (χ0n) is 11.1. The van der Waals surface area contributed by atoms with Gasteiger partial charge < -0.3 is 10.5 Å². The van der Waals surface area contributed by atoms with Crippen molar-refractivity contribution in [2.75, 3.05) is 0 Å². The van der Waals surface area contributed by atoms with Gasteiger partial charge >= 0.3 is 6.18 Å². The second-order valence-electron chi connectivity index (χ2n) is 5.51. The van der Waals surface area contributed by atoms with Crippen LogP contribution in [0.15, 0.2) is 18.2 Å². The molecule has 1 aromatic rings. The Kier molecular flexibility index (Phi) is 3.95. The first-order chi connectivity index (χ1) is 9.19. The molecule has 0 aromatic heterocycles. The number of hydrogen-bond donors (Lipinski definition) is 1. The van der Waals surface area contributed by atoms with Crippen molar-refractivity contribution in [2.45, 2.75) is 50.4 Å². The van der Waals surface area contributed by atoms with Crippen LogP contribution in [0, 0.1) is 5.82 Å². The molecule has 1 heterocycles. The van der Waals surface area contributed by atoms with E-state index >= 15 is 0 Å². The lowest BCUT2D eigenvalue weighted by Crippen LogP contribution is -2.40. The minimum absolute atomic E-state index is 0.0304. The smallest absolute Gasteiger partial charge is 0.389 e. The summed E-state index contributed by atoms with van der Waals surface area (Å²) in [5.74, 6) is -0.117. The lowest BCUT2D eigenvalue weighted by molar-refractivity contribution is -0.137. The molecule has 2 nitrogen and oxygen atoms in total. The molecule has 2 rings (SSSR count). The van der Waals surface area contributed by atoms with Crippen LogP contribution in [0.25, 0.3) is 0 Å². The first-order valence-electron chi connectivity index (χ1n) is 6.49. The van der Waals surface area contributed by atoms with E-state index in [1.54, 1.807) is 13.0 Å². The van der Waals surface area contributed by atoms with E-state index < -0.39 is 24.0 Å². The molecule has 0 radical (unpaired) electrons. The van der Waals surface area contributed by atoms with E-state index in [0.717, 1.165) is 0 Å². The maximum absolute atomic E-state index is 13.2. The number of rotatable bonds is 3. The third kappa shape index (κ3) is 3.62. The van der Waals surface area contributed by atoms with Gasteiger partial charge in [-0.15, -0.1) is 0 Å². The van der Waals surface area contributed by atoms with Gasteiger partial charge in [0.15, 0.2) is 0 Å². The number of benzene rings is 1. The summed E-state index contributed by atoms with van der Waals surface area (Å²) >= 11 is 0. The number of alkyl halides is 3. The van der Waals surface area contributed by atoms with Crippen LogP contribution in [0.5, 0.6) is 5.75 Å². The Morgan fingerprint density at radius 2 is 2.10 bits per heavy atom. The summed E-state index contributed by atoms with van der Waals surface area (Å²) in [6.45, 7) is 1.72. The predicted octanol–water partition coefficient (Wildman–Crippen LogP) is 4.10. The van der Waals surface area contributed by atoms with E-state index in [9.17, 15) is 17.6 Å². The van der Waals surface area contributed by atoms with Crippen LogP contribution in [-0.4, -0.2) is 11.8 Å². The molecule has 20 heavy (non-hydrogen) atoms. The van der Waals surface area contributed by atoms with E-state index in [1.165, 1.54) is 12.1 Å². The van der Waals surface area contributed by atoms with E-state index in [2.05, 4.69) is 0 Å². The summed E-state index contributed by atoms with van der Waals surface area (Å²) in [4.78, 5) is 0. The molecule has 2 N–H and O–H groups in total. The number of ether oxygens (including phenoxy) is 1. The first-order valence-corrected chi connectivity index (χ1v) is 6.49. The third-order valence-corrected chi connectivity index (χ3v) is 3.55. The van der Waals surface area contributed by atoms with E-state index in [0.29, 0.717) is 17.7 Å². The van der Waals surface area contributed by atoms with Crippen molar-refractivity contribution in [3.05, 3.63) is 29.6 Å². The van der Waals surface area contributed by atoms with Crippen molar-refractivity contribution in [2.24, 2.45) is 5.73 Å². The molecule has 0 bridgehead atoms. The lowest BCUT2D eigenvalue weighted by Gasteiger charge is -2.39. The summed E-state index contributed by atoms with van der Waals surface area (Å²) in [6, 6.07) is 3.74. The summed E-state index contributed by atoms with van der Waals surface area (Å²) in [5.41, 5.74) is 5.91. The molecule has 0 fully saturated rings. The van der Waals surface area contributed by atoms with Crippen LogP contribution < -0.4 is 10.5 Å². The Bertz CT molecular complexity index is 489. The van der Waals surface area contributed by atoms with Crippen LogP contribution >= 0.6 is 0 Å². The molecule has 1 aliphatic heterocycles. The Balaban J connectivity index is 2.08. The van der Waals surface area contributed by atoms with E-state index in [4.69, 9.17) is 10.5 Å². The average Bonchev–Trinajstić information content (AvgIpc) is 2.25. The molecule has 2 atom stereocenters. The van der Waals surface area contributed by atoms with Gasteiger partial charge in [0.2, 0.25) is 0 Å². The fraction of sp³-hybridized carbons (Fsp3) is 0.571. The molecule has 0 saturated carbocycles. The van der Waals surface area contributed by atoms with E-state index in [1.807, 2.05) is 0 Å². The Morgan fingerprint density at radius 1 is 1.40 bits per heavy atom. The molecule has 1 aromatic carbocycles. The molecule has 0 saturated heterocycles. The molecule has 112 valence electrons. The first kappa shape index (κ1) is 15.1. The summed E-state index contributed by atoms with van der Waals surface area (Å²) in [7, 11) is 0. The van der Waals surface area contributed by atoms with Crippen molar-refractivity contribution in [3.8, 4) is 5.75 Å². The zero-order valence-corrected chi connectivity index (χ0v) is 11.1. The summed E-state index contributed by atoms with van der Waals surface area (Å²) in [5, 5.41) is 0. The SMILES string of the molecule is CC1(CCCC(F)(F)F)CC(N)c2ccc(F)cc2O1. The van der Waals surface area contributed by atoms with Crippen LogP contribution in [-0.2, 0) is 0 Å². The van der Waals surface area contributed by atoms with Crippen molar-refractivity contribution >= 4 is 0 Å². The average molecular weight is 291 g/mol. The summed E-state index contributed by atoms with van der Waals surface area (Å²) in [6.07, 6.45) is -4.40. The largest absolute Gasteiger partial charge is 0.487 e. The molecule has 6 heteroatoms. The Labute approximate surface area is 114 Å². The number of halogens is 4.